The smallest absolute Gasteiger partial charge is 0.261 e. The van der Waals surface area contributed by atoms with E-state index in [9.17, 15) is 13.2 Å². The first-order chi connectivity index (χ1) is 8.88. The van der Waals surface area contributed by atoms with E-state index >= 15 is 0 Å². The highest BCUT2D eigenvalue weighted by molar-refractivity contribution is 8.13. The van der Waals surface area contributed by atoms with Crippen LogP contribution in [-0.2, 0) is 9.05 Å². The molecule has 1 atom stereocenters. The summed E-state index contributed by atoms with van der Waals surface area (Å²) in [6.45, 7) is 2.72. The first-order valence-electron chi connectivity index (χ1n) is 6.21. The molecule has 4 nitrogen and oxygen atoms in total. The average molecular weight is 302 g/mol. The molecule has 0 radical (unpaired) electrons. The van der Waals surface area contributed by atoms with Crippen LogP contribution in [0.25, 0.3) is 0 Å². The Morgan fingerprint density at radius 3 is 2.74 bits per heavy atom. The normalized spacial score (nSPS) is 16.9. The third-order valence-corrected chi connectivity index (χ3v) is 4.74. The third kappa shape index (κ3) is 3.94. The predicted octanol–water partition coefficient (Wildman–Crippen LogP) is 2.39. The zero-order valence-corrected chi connectivity index (χ0v) is 12.2. The van der Waals surface area contributed by atoms with Gasteiger partial charge >= 0.3 is 0 Å². The van der Waals surface area contributed by atoms with Crippen LogP contribution in [-0.4, -0.2) is 20.9 Å². The van der Waals surface area contributed by atoms with Gasteiger partial charge in [0.2, 0.25) is 0 Å². The molecule has 1 aliphatic carbocycles. The molecule has 1 N–H and O–H groups in total. The van der Waals surface area contributed by atoms with Crippen LogP contribution >= 0.6 is 10.7 Å². The summed E-state index contributed by atoms with van der Waals surface area (Å²) in [6.07, 6.45) is 2.47. The van der Waals surface area contributed by atoms with Crippen molar-refractivity contribution in [1.82, 2.24) is 5.32 Å². The maximum absolute atomic E-state index is 11.9. The fourth-order valence-electron chi connectivity index (χ4n) is 1.98. The number of hydrogen-bond acceptors (Lipinski definition) is 3. The van der Waals surface area contributed by atoms with Crippen LogP contribution < -0.4 is 5.32 Å². The largest absolute Gasteiger partial charge is 0.352 e. The van der Waals surface area contributed by atoms with Crippen LogP contribution in [0.5, 0.6) is 0 Å². The van der Waals surface area contributed by atoms with Crippen molar-refractivity contribution in [1.29, 1.82) is 0 Å². The van der Waals surface area contributed by atoms with E-state index < -0.39 is 9.05 Å². The Balaban J connectivity index is 2.02. The second-order valence-electron chi connectivity index (χ2n) is 4.99. The SMILES string of the molecule is CC(CNC(=O)c1cccc(S(=O)(=O)Cl)c1)C1CC1. The molecule has 19 heavy (non-hydrogen) atoms. The Bertz CT molecular complexity index is 581. The van der Waals surface area contributed by atoms with Crippen molar-refractivity contribution in [3.63, 3.8) is 0 Å². The fourth-order valence-corrected chi connectivity index (χ4v) is 2.77. The number of halogens is 1. The number of carbonyl (C=O) groups is 1. The van der Waals surface area contributed by atoms with E-state index in [2.05, 4.69) is 12.2 Å². The van der Waals surface area contributed by atoms with E-state index in [1.807, 2.05) is 0 Å². The van der Waals surface area contributed by atoms with Gasteiger partial charge in [0.25, 0.3) is 15.0 Å². The second-order valence-corrected chi connectivity index (χ2v) is 7.56. The van der Waals surface area contributed by atoms with E-state index in [0.29, 0.717) is 18.0 Å². The van der Waals surface area contributed by atoms with Gasteiger partial charge in [0.15, 0.2) is 0 Å². The number of benzene rings is 1. The first kappa shape index (κ1) is 14.3. The van der Waals surface area contributed by atoms with Gasteiger partial charge in [-0.1, -0.05) is 13.0 Å². The third-order valence-electron chi connectivity index (χ3n) is 3.39. The molecule has 1 unspecified atom stereocenters. The van der Waals surface area contributed by atoms with E-state index in [0.717, 1.165) is 5.92 Å². The van der Waals surface area contributed by atoms with Gasteiger partial charge in [-0.15, -0.1) is 0 Å². The molecule has 0 bridgehead atoms. The molecule has 1 aromatic rings. The summed E-state index contributed by atoms with van der Waals surface area (Å²) in [4.78, 5) is 11.9. The minimum atomic E-state index is -3.80. The van der Waals surface area contributed by atoms with Crippen LogP contribution in [0.2, 0.25) is 0 Å². The highest BCUT2D eigenvalue weighted by Gasteiger charge is 2.27. The monoisotopic (exact) mass is 301 g/mol. The minimum absolute atomic E-state index is 0.0583. The molecule has 1 saturated carbocycles. The molecule has 0 heterocycles. The quantitative estimate of drug-likeness (QED) is 0.849. The summed E-state index contributed by atoms with van der Waals surface area (Å²) < 4.78 is 22.4. The van der Waals surface area contributed by atoms with Gasteiger partial charge in [0, 0.05) is 22.8 Å². The molecule has 1 amide bonds. The molecule has 1 aromatic carbocycles. The molecular weight excluding hydrogens is 286 g/mol. The topological polar surface area (TPSA) is 63.2 Å². The molecule has 1 fully saturated rings. The number of rotatable bonds is 5. The standard InChI is InChI=1S/C13H16ClNO3S/c1-9(10-5-6-10)8-15-13(16)11-3-2-4-12(7-11)19(14,17)18/h2-4,7,9-10H,5-6,8H2,1H3,(H,15,16). The average Bonchev–Trinajstić information content (AvgIpc) is 3.19. The Hall–Kier alpha value is -1.07. The van der Waals surface area contributed by atoms with Gasteiger partial charge in [-0.05, 0) is 42.9 Å². The molecule has 6 heteroatoms. The van der Waals surface area contributed by atoms with Crippen molar-refractivity contribution in [2.24, 2.45) is 11.8 Å². The van der Waals surface area contributed by atoms with Gasteiger partial charge in [-0.2, -0.15) is 0 Å². The number of nitrogens with one attached hydrogen (secondary N) is 1. The lowest BCUT2D eigenvalue weighted by Crippen LogP contribution is -2.29. The van der Waals surface area contributed by atoms with E-state index in [1.165, 1.54) is 31.0 Å². The highest BCUT2D eigenvalue weighted by atomic mass is 35.7. The lowest BCUT2D eigenvalue weighted by Gasteiger charge is -2.11. The highest BCUT2D eigenvalue weighted by Crippen LogP contribution is 2.36. The summed E-state index contributed by atoms with van der Waals surface area (Å²) in [5, 5.41) is 2.82. The summed E-state index contributed by atoms with van der Waals surface area (Å²) in [5.41, 5.74) is 0.310. The van der Waals surface area contributed by atoms with E-state index in [4.69, 9.17) is 10.7 Å². The van der Waals surface area contributed by atoms with Crippen LogP contribution in [0, 0.1) is 11.8 Å². The molecule has 0 spiro atoms. The van der Waals surface area contributed by atoms with Crippen LogP contribution in [0.3, 0.4) is 0 Å². The van der Waals surface area contributed by atoms with Crippen molar-refractivity contribution in [3.8, 4) is 0 Å². The number of amides is 1. The maximum atomic E-state index is 11.9. The van der Waals surface area contributed by atoms with E-state index in [-0.39, 0.29) is 10.8 Å². The second kappa shape index (κ2) is 5.51. The number of carbonyl (C=O) groups excluding carboxylic acids is 1. The first-order valence-corrected chi connectivity index (χ1v) is 8.52. The van der Waals surface area contributed by atoms with Gasteiger partial charge in [-0.25, -0.2) is 8.42 Å². The summed E-state index contributed by atoms with van der Waals surface area (Å²) in [6, 6.07) is 5.74. The maximum Gasteiger partial charge on any atom is 0.261 e. The van der Waals surface area contributed by atoms with Crippen LogP contribution in [0.1, 0.15) is 30.1 Å². The van der Waals surface area contributed by atoms with Crippen LogP contribution in [0.4, 0.5) is 0 Å². The molecule has 104 valence electrons. The zero-order valence-electron chi connectivity index (χ0n) is 10.6. The summed E-state index contributed by atoms with van der Waals surface area (Å²) in [5.74, 6) is 0.911. The van der Waals surface area contributed by atoms with Crippen molar-refractivity contribution in [2.75, 3.05) is 6.54 Å². The summed E-state index contributed by atoms with van der Waals surface area (Å²) >= 11 is 0. The molecule has 0 aliphatic heterocycles. The van der Waals surface area contributed by atoms with Gasteiger partial charge in [0.1, 0.15) is 0 Å². The number of hydrogen-bond donors (Lipinski definition) is 1. The molecule has 0 saturated heterocycles. The lowest BCUT2D eigenvalue weighted by atomic mass is 10.1. The Kier molecular flexibility index (Phi) is 4.16. The molecule has 1 aliphatic rings. The Morgan fingerprint density at radius 1 is 1.47 bits per heavy atom. The Labute approximate surface area is 117 Å². The zero-order chi connectivity index (χ0) is 14.0. The molecule has 2 rings (SSSR count). The van der Waals surface area contributed by atoms with Crippen molar-refractivity contribution in [2.45, 2.75) is 24.7 Å². The molecule has 0 aromatic heterocycles. The van der Waals surface area contributed by atoms with Gasteiger partial charge in [-0.3, -0.25) is 4.79 Å². The van der Waals surface area contributed by atoms with Crippen molar-refractivity contribution < 1.29 is 13.2 Å². The van der Waals surface area contributed by atoms with Crippen molar-refractivity contribution in [3.05, 3.63) is 29.8 Å². The Morgan fingerprint density at radius 2 is 2.16 bits per heavy atom. The predicted molar refractivity (Wildman–Crippen MR) is 73.7 cm³/mol. The van der Waals surface area contributed by atoms with Gasteiger partial charge in [0.05, 0.1) is 4.90 Å². The fraction of sp³-hybridized carbons (Fsp3) is 0.462. The van der Waals surface area contributed by atoms with Crippen molar-refractivity contribution >= 4 is 25.6 Å². The van der Waals surface area contributed by atoms with E-state index in [1.54, 1.807) is 6.07 Å². The summed E-state index contributed by atoms with van der Waals surface area (Å²) in [7, 11) is 1.45. The van der Waals surface area contributed by atoms with Crippen LogP contribution in [0.15, 0.2) is 29.2 Å². The minimum Gasteiger partial charge on any atom is -0.352 e. The van der Waals surface area contributed by atoms with Gasteiger partial charge < -0.3 is 5.32 Å². The lowest BCUT2D eigenvalue weighted by molar-refractivity contribution is 0.0946. The molecular formula is C13H16ClNO3S.